The van der Waals surface area contributed by atoms with Crippen LogP contribution in [0.25, 0.3) is 0 Å². The lowest BCUT2D eigenvalue weighted by molar-refractivity contribution is -0.137. The summed E-state index contributed by atoms with van der Waals surface area (Å²) in [5.41, 5.74) is -0.0772. The Morgan fingerprint density at radius 1 is 1.32 bits per heavy atom. The molecule has 1 N–H and O–H groups in total. The Labute approximate surface area is 121 Å². The van der Waals surface area contributed by atoms with Gasteiger partial charge in [-0.25, -0.2) is 0 Å². The molecule has 19 heavy (non-hydrogen) atoms. The number of anilines is 1. The van der Waals surface area contributed by atoms with Crippen molar-refractivity contribution in [3.63, 3.8) is 0 Å². The zero-order valence-corrected chi connectivity index (χ0v) is 12.8. The fourth-order valence-corrected chi connectivity index (χ4v) is 2.44. The molecule has 2 rings (SSSR count). The van der Waals surface area contributed by atoms with Gasteiger partial charge in [-0.2, -0.15) is 0 Å². The van der Waals surface area contributed by atoms with Crippen LogP contribution in [0.5, 0.6) is 0 Å². The molecule has 2 amide bonds. The second kappa shape index (κ2) is 4.96. The van der Waals surface area contributed by atoms with Crippen LogP contribution in [0.2, 0.25) is 0 Å². The van der Waals surface area contributed by atoms with E-state index in [4.69, 9.17) is 0 Å². The van der Waals surface area contributed by atoms with Crippen molar-refractivity contribution >= 4 is 33.4 Å². The molecule has 0 saturated carbocycles. The summed E-state index contributed by atoms with van der Waals surface area (Å²) in [6, 6.07) is 6.92. The van der Waals surface area contributed by atoms with Crippen molar-refractivity contribution < 1.29 is 9.59 Å². The van der Waals surface area contributed by atoms with Gasteiger partial charge >= 0.3 is 0 Å². The Kier molecular flexibility index (Phi) is 3.67. The van der Waals surface area contributed by atoms with Crippen LogP contribution in [-0.2, 0) is 9.59 Å². The first kappa shape index (κ1) is 14.1. The highest BCUT2D eigenvalue weighted by Gasteiger charge is 2.45. The van der Waals surface area contributed by atoms with Crippen LogP contribution in [0.1, 0.15) is 27.2 Å². The van der Waals surface area contributed by atoms with Gasteiger partial charge < -0.3 is 5.32 Å². The quantitative estimate of drug-likeness (QED) is 0.908. The van der Waals surface area contributed by atoms with E-state index in [1.54, 1.807) is 18.7 Å². The molecule has 0 radical (unpaired) electrons. The lowest BCUT2D eigenvalue weighted by Crippen LogP contribution is -2.68. The second-order valence-corrected chi connectivity index (χ2v) is 5.92. The number of amides is 2. The number of nitrogens with zero attached hydrogens (tertiary/aromatic N) is 1. The number of carbonyl (C=O) groups excluding carboxylic acids is 2. The maximum Gasteiger partial charge on any atom is 0.253 e. The van der Waals surface area contributed by atoms with Crippen LogP contribution in [0.4, 0.5) is 5.69 Å². The van der Waals surface area contributed by atoms with Crippen LogP contribution in [0.3, 0.4) is 0 Å². The SMILES string of the molecule is CCC1(C)NC(=O)C(C)N(c2ccc(Br)cc2)C1=O. The minimum Gasteiger partial charge on any atom is -0.340 e. The first-order chi connectivity index (χ1) is 8.89. The summed E-state index contributed by atoms with van der Waals surface area (Å²) in [5, 5.41) is 2.81. The van der Waals surface area contributed by atoms with Gasteiger partial charge in [-0.1, -0.05) is 22.9 Å². The molecule has 1 aliphatic rings. The van der Waals surface area contributed by atoms with Crippen LogP contribution in [0.15, 0.2) is 28.7 Å². The second-order valence-electron chi connectivity index (χ2n) is 5.00. The molecule has 2 atom stereocenters. The largest absolute Gasteiger partial charge is 0.340 e. The standard InChI is InChI=1S/C14H17BrN2O2/c1-4-14(3)13(19)17(9(2)12(18)16-14)11-7-5-10(15)6-8-11/h5-9H,4H2,1-3H3,(H,16,18). The monoisotopic (exact) mass is 324 g/mol. The highest BCUT2D eigenvalue weighted by Crippen LogP contribution is 2.28. The first-order valence-corrected chi connectivity index (χ1v) is 7.09. The molecule has 5 heteroatoms. The molecule has 1 aromatic carbocycles. The van der Waals surface area contributed by atoms with Crippen molar-refractivity contribution in [2.45, 2.75) is 38.8 Å². The molecule has 1 fully saturated rings. The molecule has 2 unspecified atom stereocenters. The molecule has 0 aromatic heterocycles. The topological polar surface area (TPSA) is 49.4 Å². The summed E-state index contributed by atoms with van der Waals surface area (Å²) >= 11 is 3.36. The summed E-state index contributed by atoms with van der Waals surface area (Å²) < 4.78 is 0.941. The van der Waals surface area contributed by atoms with Crippen molar-refractivity contribution in [1.82, 2.24) is 5.32 Å². The Bertz CT molecular complexity index is 515. The normalized spacial score (nSPS) is 27.4. The van der Waals surface area contributed by atoms with E-state index in [2.05, 4.69) is 21.2 Å². The average molecular weight is 325 g/mol. The van der Waals surface area contributed by atoms with Crippen molar-refractivity contribution in [2.75, 3.05) is 4.90 Å². The third-order valence-corrected chi connectivity index (χ3v) is 4.20. The van der Waals surface area contributed by atoms with Gasteiger partial charge in [0.05, 0.1) is 0 Å². The molecule has 1 aromatic rings. The number of benzene rings is 1. The first-order valence-electron chi connectivity index (χ1n) is 6.30. The number of carbonyl (C=O) groups is 2. The van der Waals surface area contributed by atoms with Gasteiger partial charge in [0.1, 0.15) is 11.6 Å². The molecule has 0 spiro atoms. The Hall–Kier alpha value is -1.36. The number of piperazine rings is 1. The van der Waals surface area contributed by atoms with Gasteiger partial charge in [-0.15, -0.1) is 0 Å². The third kappa shape index (κ3) is 2.39. The molecule has 4 nitrogen and oxygen atoms in total. The predicted molar refractivity (Wildman–Crippen MR) is 77.9 cm³/mol. The summed E-state index contributed by atoms with van der Waals surface area (Å²) in [7, 11) is 0. The summed E-state index contributed by atoms with van der Waals surface area (Å²) in [6.45, 7) is 5.41. The molecule has 1 saturated heterocycles. The van der Waals surface area contributed by atoms with Crippen molar-refractivity contribution in [2.24, 2.45) is 0 Å². The third-order valence-electron chi connectivity index (χ3n) is 3.67. The number of rotatable bonds is 2. The molecule has 102 valence electrons. The van der Waals surface area contributed by atoms with Crippen molar-refractivity contribution in [1.29, 1.82) is 0 Å². The minimum atomic E-state index is -0.823. The number of nitrogens with one attached hydrogen (secondary N) is 1. The maximum atomic E-state index is 12.6. The van der Waals surface area contributed by atoms with E-state index in [1.165, 1.54) is 0 Å². The molecular weight excluding hydrogens is 308 g/mol. The van der Waals surface area contributed by atoms with Crippen molar-refractivity contribution in [3.8, 4) is 0 Å². The lowest BCUT2D eigenvalue weighted by atomic mass is 9.92. The number of hydrogen-bond donors (Lipinski definition) is 1. The fourth-order valence-electron chi connectivity index (χ4n) is 2.17. The average Bonchev–Trinajstić information content (AvgIpc) is 2.39. The molecule has 0 aliphatic carbocycles. The van der Waals surface area contributed by atoms with E-state index in [0.29, 0.717) is 6.42 Å². The summed E-state index contributed by atoms with van der Waals surface area (Å²) in [5.74, 6) is -0.184. The summed E-state index contributed by atoms with van der Waals surface area (Å²) in [6.07, 6.45) is 0.567. The summed E-state index contributed by atoms with van der Waals surface area (Å²) in [4.78, 5) is 26.2. The van der Waals surface area contributed by atoms with Gasteiger partial charge in [0.25, 0.3) is 5.91 Å². The van der Waals surface area contributed by atoms with Crippen LogP contribution in [0, 0.1) is 0 Å². The zero-order chi connectivity index (χ0) is 14.2. The van der Waals surface area contributed by atoms with Gasteiger partial charge in [-0.05, 0) is 44.5 Å². The molecule has 0 bridgehead atoms. The maximum absolute atomic E-state index is 12.6. The number of hydrogen-bond acceptors (Lipinski definition) is 2. The predicted octanol–water partition coefficient (Wildman–Crippen LogP) is 2.47. The van der Waals surface area contributed by atoms with E-state index in [-0.39, 0.29) is 11.8 Å². The van der Waals surface area contributed by atoms with Crippen LogP contribution >= 0.6 is 15.9 Å². The van der Waals surface area contributed by atoms with Gasteiger partial charge in [0.15, 0.2) is 0 Å². The molecular formula is C14H17BrN2O2. The highest BCUT2D eigenvalue weighted by molar-refractivity contribution is 9.10. The Morgan fingerprint density at radius 2 is 1.89 bits per heavy atom. The van der Waals surface area contributed by atoms with E-state index in [9.17, 15) is 9.59 Å². The van der Waals surface area contributed by atoms with E-state index in [0.717, 1.165) is 10.2 Å². The highest BCUT2D eigenvalue weighted by atomic mass is 79.9. The molecule has 1 heterocycles. The van der Waals surface area contributed by atoms with Crippen LogP contribution in [-0.4, -0.2) is 23.4 Å². The smallest absolute Gasteiger partial charge is 0.253 e. The fraction of sp³-hybridized carbons (Fsp3) is 0.429. The zero-order valence-electron chi connectivity index (χ0n) is 11.2. The van der Waals surface area contributed by atoms with E-state index in [1.807, 2.05) is 31.2 Å². The van der Waals surface area contributed by atoms with E-state index < -0.39 is 11.6 Å². The van der Waals surface area contributed by atoms with Gasteiger partial charge in [0.2, 0.25) is 5.91 Å². The Morgan fingerprint density at radius 3 is 2.42 bits per heavy atom. The van der Waals surface area contributed by atoms with E-state index >= 15 is 0 Å². The molecule has 1 aliphatic heterocycles. The minimum absolute atomic E-state index is 0.0653. The van der Waals surface area contributed by atoms with Crippen LogP contribution < -0.4 is 10.2 Å². The van der Waals surface area contributed by atoms with Crippen molar-refractivity contribution in [3.05, 3.63) is 28.7 Å². The van der Waals surface area contributed by atoms with Gasteiger partial charge in [-0.3, -0.25) is 14.5 Å². The van der Waals surface area contributed by atoms with Gasteiger partial charge in [0, 0.05) is 10.2 Å². The Balaban J connectivity index is 2.43. The number of halogens is 1. The lowest BCUT2D eigenvalue weighted by Gasteiger charge is -2.42.